The SMILES string of the molecule is O=C(Nc1ccc(-c2ccccc2Cl)c(F)c1)C1=C(c2ccnn2C2CCOCC2)[C@@H]2CCC1O2. The van der Waals surface area contributed by atoms with Crippen molar-refractivity contribution in [3.63, 3.8) is 0 Å². The van der Waals surface area contributed by atoms with Gasteiger partial charge in [-0.05, 0) is 56.0 Å². The topological polar surface area (TPSA) is 65.4 Å². The first-order valence-corrected chi connectivity index (χ1v) is 12.3. The zero-order chi connectivity index (χ0) is 23.9. The number of amides is 1. The van der Waals surface area contributed by atoms with E-state index in [1.165, 1.54) is 6.07 Å². The second kappa shape index (κ2) is 9.22. The molecule has 0 aliphatic carbocycles. The first-order chi connectivity index (χ1) is 17.1. The summed E-state index contributed by atoms with van der Waals surface area (Å²) in [5.41, 5.74) is 3.82. The van der Waals surface area contributed by atoms with Crippen LogP contribution in [0.5, 0.6) is 0 Å². The molecule has 0 saturated carbocycles. The quantitative estimate of drug-likeness (QED) is 0.499. The number of carbonyl (C=O) groups excluding carboxylic acids is 1. The second-order valence-electron chi connectivity index (χ2n) is 9.15. The number of anilines is 1. The van der Waals surface area contributed by atoms with E-state index in [2.05, 4.69) is 10.4 Å². The third-order valence-corrected chi connectivity index (χ3v) is 7.40. The van der Waals surface area contributed by atoms with Crippen LogP contribution in [0, 0.1) is 5.82 Å². The molecule has 6 nitrogen and oxygen atoms in total. The molecule has 3 aliphatic rings. The van der Waals surface area contributed by atoms with Gasteiger partial charge in [0.1, 0.15) is 5.82 Å². The second-order valence-corrected chi connectivity index (χ2v) is 9.56. The van der Waals surface area contributed by atoms with Gasteiger partial charge in [-0.25, -0.2) is 4.39 Å². The van der Waals surface area contributed by atoms with Crippen LogP contribution in [0.25, 0.3) is 16.7 Å². The summed E-state index contributed by atoms with van der Waals surface area (Å²) in [6.45, 7) is 1.41. The molecule has 1 unspecified atom stereocenters. The number of carbonyl (C=O) groups is 1. The Morgan fingerprint density at radius 3 is 2.63 bits per heavy atom. The number of fused-ring (bicyclic) bond motifs is 2. The van der Waals surface area contributed by atoms with Crippen molar-refractivity contribution in [3.8, 4) is 11.1 Å². The number of nitrogens with zero attached hydrogens (tertiary/aromatic N) is 2. The zero-order valence-electron chi connectivity index (χ0n) is 19.0. The van der Waals surface area contributed by atoms with Gasteiger partial charge in [-0.1, -0.05) is 29.8 Å². The largest absolute Gasteiger partial charge is 0.381 e. The van der Waals surface area contributed by atoms with Crippen molar-refractivity contribution in [1.82, 2.24) is 9.78 Å². The van der Waals surface area contributed by atoms with Crippen molar-refractivity contribution < 1.29 is 18.7 Å². The van der Waals surface area contributed by atoms with Gasteiger partial charge in [-0.2, -0.15) is 5.10 Å². The van der Waals surface area contributed by atoms with E-state index < -0.39 is 5.82 Å². The van der Waals surface area contributed by atoms with Crippen molar-refractivity contribution in [3.05, 3.63) is 76.8 Å². The Labute approximate surface area is 207 Å². The Balaban J connectivity index is 1.30. The van der Waals surface area contributed by atoms with Crippen molar-refractivity contribution in [2.75, 3.05) is 18.5 Å². The highest BCUT2D eigenvalue weighted by molar-refractivity contribution is 6.33. The molecule has 1 N–H and O–H groups in total. The van der Waals surface area contributed by atoms with Gasteiger partial charge in [0.15, 0.2) is 0 Å². The van der Waals surface area contributed by atoms with Gasteiger partial charge in [0.2, 0.25) is 0 Å². The lowest BCUT2D eigenvalue weighted by atomic mass is 9.88. The Morgan fingerprint density at radius 2 is 1.83 bits per heavy atom. The predicted molar refractivity (Wildman–Crippen MR) is 132 cm³/mol. The van der Waals surface area contributed by atoms with E-state index in [1.807, 2.05) is 16.8 Å². The smallest absolute Gasteiger partial charge is 0.254 e. The van der Waals surface area contributed by atoms with Crippen LogP contribution in [-0.4, -0.2) is 41.1 Å². The van der Waals surface area contributed by atoms with Crippen LogP contribution in [0.15, 0.2) is 60.3 Å². The molecule has 1 aromatic heterocycles. The summed E-state index contributed by atoms with van der Waals surface area (Å²) in [5, 5.41) is 7.95. The molecule has 2 fully saturated rings. The lowest BCUT2D eigenvalue weighted by Crippen LogP contribution is -2.26. The van der Waals surface area contributed by atoms with Crippen molar-refractivity contribution in [1.29, 1.82) is 0 Å². The Hall–Kier alpha value is -3.00. The van der Waals surface area contributed by atoms with Crippen LogP contribution in [0.3, 0.4) is 0 Å². The fourth-order valence-corrected chi connectivity index (χ4v) is 5.66. The average Bonchev–Trinajstić information content (AvgIpc) is 3.61. The summed E-state index contributed by atoms with van der Waals surface area (Å²) in [6, 6.07) is 14.0. The number of ether oxygens (including phenoxy) is 2. The first kappa shape index (κ1) is 22.5. The van der Waals surface area contributed by atoms with Crippen LogP contribution < -0.4 is 5.32 Å². The lowest BCUT2D eigenvalue weighted by Gasteiger charge is -2.26. The molecule has 2 atom stereocenters. The number of hydrogen-bond acceptors (Lipinski definition) is 4. The highest BCUT2D eigenvalue weighted by atomic mass is 35.5. The maximum absolute atomic E-state index is 15.0. The minimum absolute atomic E-state index is 0.129. The van der Waals surface area contributed by atoms with Crippen LogP contribution >= 0.6 is 11.6 Å². The molecule has 35 heavy (non-hydrogen) atoms. The molecule has 180 valence electrons. The number of aromatic nitrogens is 2. The number of halogens is 2. The lowest BCUT2D eigenvalue weighted by molar-refractivity contribution is -0.113. The molecule has 3 aromatic rings. The Morgan fingerprint density at radius 1 is 1.03 bits per heavy atom. The van der Waals surface area contributed by atoms with Crippen molar-refractivity contribution in [2.24, 2.45) is 0 Å². The standard InChI is InChI=1S/C27H25ClFN3O3/c28-20-4-2-1-3-18(20)19-6-5-16(15-21(19)29)31-27(33)26-24-8-7-23(35-24)25(26)22-9-12-30-32(22)17-10-13-34-14-11-17/h1-6,9,12,15,17,23-24H,7-8,10-11,13-14H2,(H,31,33)/t23-,24?/m0/s1. The van der Waals surface area contributed by atoms with Gasteiger partial charge < -0.3 is 14.8 Å². The molecule has 2 bridgehead atoms. The highest BCUT2D eigenvalue weighted by Crippen LogP contribution is 2.45. The highest BCUT2D eigenvalue weighted by Gasteiger charge is 2.45. The molecular weight excluding hydrogens is 469 g/mol. The molecule has 4 heterocycles. The monoisotopic (exact) mass is 493 g/mol. The number of rotatable bonds is 5. The molecule has 1 amide bonds. The van der Waals surface area contributed by atoms with Crippen LogP contribution in [0.1, 0.15) is 37.4 Å². The maximum atomic E-state index is 15.0. The molecule has 2 aromatic carbocycles. The number of hydrogen-bond donors (Lipinski definition) is 1. The van der Waals surface area contributed by atoms with E-state index in [-0.39, 0.29) is 24.2 Å². The number of nitrogens with one attached hydrogen (secondary N) is 1. The van der Waals surface area contributed by atoms with Crippen LogP contribution in [-0.2, 0) is 14.3 Å². The number of benzene rings is 2. The minimum Gasteiger partial charge on any atom is -0.381 e. The zero-order valence-corrected chi connectivity index (χ0v) is 19.8. The molecule has 2 saturated heterocycles. The molecule has 0 radical (unpaired) electrons. The van der Waals surface area contributed by atoms with Gasteiger partial charge in [0.25, 0.3) is 5.91 Å². The van der Waals surface area contributed by atoms with E-state index in [1.54, 1.807) is 36.5 Å². The van der Waals surface area contributed by atoms with E-state index in [0.29, 0.717) is 40.6 Å². The summed E-state index contributed by atoms with van der Waals surface area (Å²) in [4.78, 5) is 13.5. The molecule has 8 heteroatoms. The van der Waals surface area contributed by atoms with Gasteiger partial charge >= 0.3 is 0 Å². The summed E-state index contributed by atoms with van der Waals surface area (Å²) in [6.07, 6.45) is 4.82. The average molecular weight is 494 g/mol. The summed E-state index contributed by atoms with van der Waals surface area (Å²) in [5.74, 6) is -0.719. The third kappa shape index (κ3) is 4.07. The van der Waals surface area contributed by atoms with Gasteiger partial charge in [0, 0.05) is 46.8 Å². The Bertz CT molecular complexity index is 1310. The normalized spacial score (nSPS) is 22.1. The molecule has 0 spiro atoms. The molecule has 3 aliphatic heterocycles. The van der Waals surface area contributed by atoms with E-state index in [4.69, 9.17) is 21.1 Å². The van der Waals surface area contributed by atoms with Gasteiger partial charge in [-0.3, -0.25) is 9.48 Å². The first-order valence-electron chi connectivity index (χ1n) is 12.0. The van der Waals surface area contributed by atoms with Gasteiger partial charge in [-0.15, -0.1) is 0 Å². The Kier molecular flexibility index (Phi) is 5.92. The van der Waals surface area contributed by atoms with E-state index >= 15 is 0 Å². The minimum atomic E-state index is -0.452. The van der Waals surface area contributed by atoms with E-state index in [0.717, 1.165) is 37.0 Å². The van der Waals surface area contributed by atoms with Crippen LogP contribution in [0.4, 0.5) is 10.1 Å². The van der Waals surface area contributed by atoms with Gasteiger partial charge in [0.05, 0.1) is 29.5 Å². The van der Waals surface area contributed by atoms with E-state index in [9.17, 15) is 9.18 Å². The summed E-state index contributed by atoms with van der Waals surface area (Å²) < 4.78 is 28.7. The molecule has 6 rings (SSSR count). The fraction of sp³-hybridized carbons (Fsp3) is 0.333. The predicted octanol–water partition coefficient (Wildman–Crippen LogP) is 5.65. The third-order valence-electron chi connectivity index (χ3n) is 7.07. The maximum Gasteiger partial charge on any atom is 0.254 e. The van der Waals surface area contributed by atoms with Crippen molar-refractivity contribution >= 4 is 28.8 Å². The van der Waals surface area contributed by atoms with Crippen molar-refractivity contribution in [2.45, 2.75) is 43.9 Å². The van der Waals surface area contributed by atoms with Crippen LogP contribution in [0.2, 0.25) is 5.02 Å². The summed E-state index contributed by atoms with van der Waals surface area (Å²) >= 11 is 6.24. The fourth-order valence-electron chi connectivity index (χ4n) is 5.42. The summed E-state index contributed by atoms with van der Waals surface area (Å²) in [7, 11) is 0. The molecular formula is C27H25ClFN3O3.